The molecule has 0 bridgehead atoms. The van der Waals surface area contributed by atoms with Crippen LogP contribution in [0.2, 0.25) is 0 Å². The lowest BCUT2D eigenvalue weighted by atomic mass is 9.89. The summed E-state index contributed by atoms with van der Waals surface area (Å²) in [7, 11) is 1.57. The lowest BCUT2D eigenvalue weighted by molar-refractivity contribution is -0.135. The molecular weight excluding hydrogens is 500 g/mol. The number of para-hydroxylation sites is 2. The van der Waals surface area contributed by atoms with Crippen molar-refractivity contribution >= 4 is 40.4 Å². The SMILES string of the molecule is COc1cccc([C@H]2c3[nH]c4ccccc4c3C[C@H]3C(=O)N(c4ccccc4C(=O)NCC(=O)O)C(=O)N23)c1. The maximum atomic E-state index is 14.1. The largest absolute Gasteiger partial charge is 0.497 e. The molecule has 0 saturated carbocycles. The Kier molecular flexibility index (Phi) is 5.79. The molecular formula is C29H24N4O6. The van der Waals surface area contributed by atoms with E-state index in [-0.39, 0.29) is 11.3 Å². The van der Waals surface area contributed by atoms with E-state index in [4.69, 9.17) is 9.84 Å². The number of carbonyl (C=O) groups is 4. The number of amides is 4. The fourth-order valence-electron chi connectivity index (χ4n) is 5.57. The molecule has 10 nitrogen and oxygen atoms in total. The molecule has 1 aromatic heterocycles. The Morgan fingerprint density at radius 2 is 1.82 bits per heavy atom. The van der Waals surface area contributed by atoms with Crippen LogP contribution in [0.3, 0.4) is 0 Å². The van der Waals surface area contributed by atoms with E-state index in [0.29, 0.717) is 12.2 Å². The first-order chi connectivity index (χ1) is 18.9. The van der Waals surface area contributed by atoms with Crippen molar-refractivity contribution in [1.82, 2.24) is 15.2 Å². The number of nitrogens with zero attached hydrogens (tertiary/aromatic N) is 2. The van der Waals surface area contributed by atoms with Crippen LogP contribution in [0.15, 0.2) is 72.8 Å². The fraction of sp³-hybridized carbons (Fsp3) is 0.172. The highest BCUT2D eigenvalue weighted by Crippen LogP contribution is 2.45. The summed E-state index contributed by atoms with van der Waals surface area (Å²) < 4.78 is 5.45. The van der Waals surface area contributed by atoms with E-state index in [2.05, 4.69) is 10.3 Å². The number of H-pyrrole nitrogens is 1. The zero-order valence-electron chi connectivity index (χ0n) is 20.9. The normalized spacial score (nSPS) is 18.2. The molecule has 1 saturated heterocycles. The molecule has 0 unspecified atom stereocenters. The van der Waals surface area contributed by atoms with Crippen LogP contribution in [0.1, 0.15) is 33.2 Å². The number of rotatable bonds is 6. The first-order valence-corrected chi connectivity index (χ1v) is 12.4. The van der Waals surface area contributed by atoms with Gasteiger partial charge in [0.05, 0.1) is 18.4 Å². The molecule has 3 aromatic carbocycles. The molecule has 0 aliphatic carbocycles. The zero-order chi connectivity index (χ0) is 27.3. The van der Waals surface area contributed by atoms with Gasteiger partial charge in [0.1, 0.15) is 24.4 Å². The zero-order valence-corrected chi connectivity index (χ0v) is 20.9. The van der Waals surface area contributed by atoms with Crippen molar-refractivity contribution in [3.63, 3.8) is 0 Å². The predicted molar refractivity (Wildman–Crippen MR) is 142 cm³/mol. The van der Waals surface area contributed by atoms with Crippen molar-refractivity contribution in [2.75, 3.05) is 18.6 Å². The monoisotopic (exact) mass is 524 g/mol. The van der Waals surface area contributed by atoms with E-state index in [1.807, 2.05) is 48.5 Å². The van der Waals surface area contributed by atoms with Gasteiger partial charge in [0.15, 0.2) is 0 Å². The molecule has 1 fully saturated rings. The molecule has 39 heavy (non-hydrogen) atoms. The number of hydrogen-bond donors (Lipinski definition) is 3. The molecule has 0 spiro atoms. The number of ether oxygens (including phenoxy) is 1. The van der Waals surface area contributed by atoms with E-state index >= 15 is 0 Å². The number of aromatic nitrogens is 1. The molecule has 4 amide bonds. The number of carboxylic acids is 1. The summed E-state index contributed by atoms with van der Waals surface area (Å²) >= 11 is 0. The Labute approximate surface area is 222 Å². The standard InChI is InChI=1S/C29H24N4O6/c1-39-17-8-6-7-16(13-17)26-25-20(18-9-2-4-11-21(18)31-25)14-23-28(37)33(29(38)32(23)26)22-12-5-3-10-19(22)27(36)30-15-24(34)35/h2-13,23,26,31H,14-15H2,1H3,(H,30,36)(H,34,35)/t23-,26-/m0/s1. The Morgan fingerprint density at radius 3 is 2.62 bits per heavy atom. The van der Waals surface area contributed by atoms with Gasteiger partial charge in [-0.2, -0.15) is 0 Å². The average Bonchev–Trinajstić information content (AvgIpc) is 3.44. The smallest absolute Gasteiger partial charge is 0.332 e. The first kappa shape index (κ1) is 24.2. The number of hydrogen-bond acceptors (Lipinski definition) is 5. The number of anilines is 1. The van der Waals surface area contributed by atoms with Crippen LogP contribution in [0.5, 0.6) is 5.75 Å². The predicted octanol–water partition coefficient (Wildman–Crippen LogP) is 3.47. The van der Waals surface area contributed by atoms with Gasteiger partial charge < -0.3 is 20.1 Å². The number of urea groups is 1. The van der Waals surface area contributed by atoms with Crippen LogP contribution >= 0.6 is 0 Å². The van der Waals surface area contributed by atoms with Crippen molar-refractivity contribution < 1.29 is 29.0 Å². The number of carboxylic acid groups (broad SMARTS) is 1. The third-order valence-electron chi connectivity index (χ3n) is 7.25. The number of aromatic amines is 1. The minimum atomic E-state index is -1.21. The Balaban J connectivity index is 1.48. The summed E-state index contributed by atoms with van der Waals surface area (Å²) in [4.78, 5) is 58.0. The van der Waals surface area contributed by atoms with Crippen LogP contribution < -0.4 is 15.0 Å². The maximum Gasteiger partial charge on any atom is 0.332 e. The van der Waals surface area contributed by atoms with Gasteiger partial charge in [-0.1, -0.05) is 42.5 Å². The molecule has 0 radical (unpaired) electrons. The molecule has 2 aliphatic heterocycles. The van der Waals surface area contributed by atoms with E-state index in [1.54, 1.807) is 24.1 Å². The van der Waals surface area contributed by atoms with E-state index in [0.717, 1.165) is 32.6 Å². The highest BCUT2D eigenvalue weighted by molar-refractivity contribution is 6.24. The third-order valence-corrected chi connectivity index (χ3v) is 7.25. The molecule has 10 heteroatoms. The quantitative estimate of drug-likeness (QED) is 0.331. The van der Waals surface area contributed by atoms with Gasteiger partial charge in [-0.3, -0.25) is 19.3 Å². The average molecular weight is 525 g/mol. The van der Waals surface area contributed by atoms with Gasteiger partial charge in [0.25, 0.3) is 11.8 Å². The summed E-state index contributed by atoms with van der Waals surface area (Å²) in [5, 5.41) is 12.3. The number of carbonyl (C=O) groups excluding carboxylic acids is 3. The Morgan fingerprint density at radius 1 is 1.05 bits per heavy atom. The minimum Gasteiger partial charge on any atom is -0.497 e. The number of methoxy groups -OCH3 is 1. The number of aliphatic carboxylic acids is 1. The van der Waals surface area contributed by atoms with Crippen LogP contribution in [-0.4, -0.2) is 58.5 Å². The molecule has 2 atom stereocenters. The van der Waals surface area contributed by atoms with E-state index in [9.17, 15) is 19.2 Å². The molecule has 4 aromatic rings. The summed E-state index contributed by atoms with van der Waals surface area (Å²) in [6.07, 6.45) is 0.300. The Hall–Kier alpha value is -5.12. The van der Waals surface area contributed by atoms with Crippen LogP contribution in [0.25, 0.3) is 10.9 Å². The molecule has 3 N–H and O–H groups in total. The van der Waals surface area contributed by atoms with Gasteiger partial charge in [0.2, 0.25) is 0 Å². The van der Waals surface area contributed by atoms with Gasteiger partial charge in [-0.05, 0) is 41.5 Å². The summed E-state index contributed by atoms with van der Waals surface area (Å²) in [6, 6.07) is 19.4. The third kappa shape index (κ3) is 3.88. The van der Waals surface area contributed by atoms with Crippen molar-refractivity contribution in [3.05, 3.63) is 95.2 Å². The van der Waals surface area contributed by atoms with Crippen LogP contribution in [0.4, 0.5) is 10.5 Å². The van der Waals surface area contributed by atoms with Crippen LogP contribution in [-0.2, 0) is 16.0 Å². The van der Waals surface area contributed by atoms with Crippen molar-refractivity contribution in [3.8, 4) is 5.75 Å². The number of imide groups is 1. The number of nitrogens with one attached hydrogen (secondary N) is 2. The Bertz CT molecular complexity index is 1660. The first-order valence-electron chi connectivity index (χ1n) is 12.4. The van der Waals surface area contributed by atoms with Gasteiger partial charge in [-0.15, -0.1) is 0 Å². The molecule has 196 valence electrons. The topological polar surface area (TPSA) is 132 Å². The maximum absolute atomic E-state index is 14.1. The second-order valence-electron chi connectivity index (χ2n) is 9.42. The number of benzene rings is 3. The van der Waals surface area contributed by atoms with Gasteiger partial charge in [-0.25, -0.2) is 9.69 Å². The highest BCUT2D eigenvalue weighted by atomic mass is 16.5. The van der Waals surface area contributed by atoms with Crippen LogP contribution in [0, 0.1) is 0 Å². The van der Waals surface area contributed by atoms with Crippen molar-refractivity contribution in [2.24, 2.45) is 0 Å². The van der Waals surface area contributed by atoms with E-state index in [1.165, 1.54) is 12.1 Å². The van der Waals surface area contributed by atoms with Crippen molar-refractivity contribution in [2.45, 2.75) is 18.5 Å². The summed E-state index contributed by atoms with van der Waals surface area (Å²) in [5.41, 5.74) is 3.58. The van der Waals surface area contributed by atoms with Gasteiger partial charge in [0, 0.05) is 23.0 Å². The van der Waals surface area contributed by atoms with E-state index < -0.39 is 42.4 Å². The molecule has 6 rings (SSSR count). The summed E-state index contributed by atoms with van der Waals surface area (Å²) in [5.74, 6) is -1.75. The number of fused-ring (bicyclic) bond motifs is 4. The highest BCUT2D eigenvalue weighted by Gasteiger charge is 2.53. The molecule has 2 aliphatic rings. The lowest BCUT2D eigenvalue weighted by Gasteiger charge is -2.36. The second kappa shape index (κ2) is 9.32. The molecule has 3 heterocycles. The van der Waals surface area contributed by atoms with Gasteiger partial charge >= 0.3 is 12.0 Å². The summed E-state index contributed by atoms with van der Waals surface area (Å²) in [6.45, 7) is -0.594. The lowest BCUT2D eigenvalue weighted by Crippen LogP contribution is -2.44. The minimum absolute atomic E-state index is 0.0298. The fourth-order valence-corrected chi connectivity index (χ4v) is 5.57. The van der Waals surface area contributed by atoms with Crippen molar-refractivity contribution in [1.29, 1.82) is 0 Å². The second-order valence-corrected chi connectivity index (χ2v) is 9.42.